The molecular formula is C19H19ClFNO5. The summed E-state index contributed by atoms with van der Waals surface area (Å²) >= 11 is 6.04. The van der Waals surface area contributed by atoms with Crippen molar-refractivity contribution in [3.8, 4) is 11.5 Å². The summed E-state index contributed by atoms with van der Waals surface area (Å²) in [6, 6.07) is 8.78. The van der Waals surface area contributed by atoms with E-state index in [-0.39, 0.29) is 22.2 Å². The first-order chi connectivity index (χ1) is 12.9. The molecule has 0 radical (unpaired) electrons. The van der Waals surface area contributed by atoms with E-state index in [1.807, 2.05) is 0 Å². The number of esters is 1. The van der Waals surface area contributed by atoms with Crippen molar-refractivity contribution in [3.63, 3.8) is 0 Å². The van der Waals surface area contributed by atoms with Crippen molar-refractivity contribution >= 4 is 23.5 Å². The number of carbonyl (C=O) groups excluding carboxylic acids is 2. The molecule has 0 bridgehead atoms. The van der Waals surface area contributed by atoms with Crippen LogP contribution in [0.2, 0.25) is 5.02 Å². The fourth-order valence-corrected chi connectivity index (χ4v) is 2.59. The summed E-state index contributed by atoms with van der Waals surface area (Å²) in [5.74, 6) is -0.900. The van der Waals surface area contributed by atoms with Crippen LogP contribution < -0.4 is 14.8 Å². The number of hydrogen-bond acceptors (Lipinski definition) is 5. The average molecular weight is 396 g/mol. The summed E-state index contributed by atoms with van der Waals surface area (Å²) in [4.78, 5) is 23.9. The second kappa shape index (κ2) is 9.78. The van der Waals surface area contributed by atoms with Crippen LogP contribution in [0.5, 0.6) is 11.5 Å². The highest BCUT2D eigenvalue weighted by Crippen LogP contribution is 2.36. The van der Waals surface area contributed by atoms with Crippen molar-refractivity contribution in [1.29, 1.82) is 0 Å². The molecule has 144 valence electrons. The van der Waals surface area contributed by atoms with Crippen LogP contribution in [0.4, 0.5) is 4.39 Å². The van der Waals surface area contributed by atoms with Gasteiger partial charge in [-0.2, -0.15) is 0 Å². The molecule has 27 heavy (non-hydrogen) atoms. The Hall–Kier alpha value is -2.80. The molecule has 1 amide bonds. The monoisotopic (exact) mass is 395 g/mol. The van der Waals surface area contributed by atoms with Crippen molar-refractivity contribution < 1.29 is 28.2 Å². The average Bonchev–Trinajstić information content (AvgIpc) is 2.66. The zero-order valence-electron chi connectivity index (χ0n) is 14.9. The van der Waals surface area contributed by atoms with E-state index < -0.39 is 18.5 Å². The van der Waals surface area contributed by atoms with Gasteiger partial charge in [0.2, 0.25) is 0 Å². The van der Waals surface area contributed by atoms with Gasteiger partial charge in [-0.1, -0.05) is 23.7 Å². The van der Waals surface area contributed by atoms with Gasteiger partial charge in [0, 0.05) is 6.54 Å². The number of carbonyl (C=O) groups is 2. The molecule has 2 aromatic carbocycles. The fourth-order valence-electron chi connectivity index (χ4n) is 2.30. The van der Waals surface area contributed by atoms with E-state index in [1.54, 1.807) is 12.1 Å². The Morgan fingerprint density at radius 2 is 1.81 bits per heavy atom. The summed E-state index contributed by atoms with van der Waals surface area (Å²) in [5, 5.41) is 2.81. The number of ether oxygens (including phenoxy) is 3. The number of amides is 1. The number of hydrogen-bond donors (Lipinski definition) is 1. The van der Waals surface area contributed by atoms with Gasteiger partial charge in [-0.15, -0.1) is 0 Å². The molecule has 0 spiro atoms. The van der Waals surface area contributed by atoms with Crippen molar-refractivity contribution in [2.45, 2.75) is 6.42 Å². The van der Waals surface area contributed by atoms with Crippen LogP contribution in [0.1, 0.15) is 15.9 Å². The van der Waals surface area contributed by atoms with Gasteiger partial charge < -0.3 is 19.5 Å². The Morgan fingerprint density at radius 3 is 2.44 bits per heavy atom. The molecule has 8 heteroatoms. The van der Waals surface area contributed by atoms with Crippen molar-refractivity contribution in [2.75, 3.05) is 27.4 Å². The summed E-state index contributed by atoms with van der Waals surface area (Å²) in [6.45, 7) is -0.0988. The number of benzene rings is 2. The first-order valence-electron chi connectivity index (χ1n) is 8.04. The normalized spacial score (nSPS) is 10.2. The maximum Gasteiger partial charge on any atom is 0.338 e. The minimum Gasteiger partial charge on any atom is -0.493 e. The lowest BCUT2D eigenvalue weighted by Gasteiger charge is -2.11. The standard InChI is InChI=1S/C19H19ClFNO5/c1-25-16-10-13(9-15(20)18(16)26-2)19(24)27-11-17(23)22-8-7-12-3-5-14(21)6-4-12/h3-6,9-10H,7-8,11H2,1-2H3,(H,22,23). The highest BCUT2D eigenvalue weighted by molar-refractivity contribution is 6.32. The molecule has 0 saturated heterocycles. The van der Waals surface area contributed by atoms with Crippen LogP contribution in [0.15, 0.2) is 36.4 Å². The second-order valence-electron chi connectivity index (χ2n) is 5.50. The third kappa shape index (κ3) is 5.86. The zero-order chi connectivity index (χ0) is 19.8. The van der Waals surface area contributed by atoms with Gasteiger partial charge in [0.05, 0.1) is 24.8 Å². The zero-order valence-corrected chi connectivity index (χ0v) is 15.6. The summed E-state index contributed by atoms with van der Waals surface area (Å²) in [5.41, 5.74) is 1.02. The molecule has 0 fully saturated rings. The third-order valence-electron chi connectivity index (χ3n) is 3.65. The number of rotatable bonds is 8. The van der Waals surface area contributed by atoms with Crippen molar-refractivity contribution in [2.24, 2.45) is 0 Å². The molecule has 2 rings (SSSR count). The molecule has 0 aliphatic carbocycles. The van der Waals surface area contributed by atoms with Crippen LogP contribution in [0.3, 0.4) is 0 Å². The SMILES string of the molecule is COc1cc(C(=O)OCC(=O)NCCc2ccc(F)cc2)cc(Cl)c1OC. The Kier molecular flexibility index (Phi) is 7.43. The molecule has 2 aromatic rings. The second-order valence-corrected chi connectivity index (χ2v) is 5.90. The van der Waals surface area contributed by atoms with E-state index in [2.05, 4.69) is 5.32 Å². The topological polar surface area (TPSA) is 73.9 Å². The lowest BCUT2D eigenvalue weighted by Crippen LogP contribution is -2.30. The minimum absolute atomic E-state index is 0.136. The molecule has 6 nitrogen and oxygen atoms in total. The van der Waals surface area contributed by atoms with E-state index >= 15 is 0 Å². The maximum atomic E-state index is 12.8. The first-order valence-corrected chi connectivity index (χ1v) is 8.42. The minimum atomic E-state index is -0.716. The summed E-state index contributed by atoms with van der Waals surface area (Å²) in [7, 11) is 2.84. The molecule has 0 aromatic heterocycles. The number of nitrogens with one attached hydrogen (secondary N) is 1. The molecule has 0 aliphatic heterocycles. The fraction of sp³-hybridized carbons (Fsp3) is 0.263. The van der Waals surface area contributed by atoms with Crippen molar-refractivity contribution in [3.05, 3.63) is 58.4 Å². The van der Waals surface area contributed by atoms with E-state index in [0.29, 0.717) is 18.7 Å². The highest BCUT2D eigenvalue weighted by atomic mass is 35.5. The van der Waals surface area contributed by atoms with Gasteiger partial charge >= 0.3 is 5.97 Å². The van der Waals surface area contributed by atoms with Gasteiger partial charge in [-0.3, -0.25) is 4.79 Å². The van der Waals surface area contributed by atoms with Gasteiger partial charge in [0.15, 0.2) is 18.1 Å². The predicted octanol–water partition coefficient (Wildman–Crippen LogP) is 3.01. The largest absolute Gasteiger partial charge is 0.493 e. The van der Waals surface area contributed by atoms with Crippen LogP contribution in [0.25, 0.3) is 0 Å². The van der Waals surface area contributed by atoms with Crippen LogP contribution in [0, 0.1) is 5.82 Å². The van der Waals surface area contributed by atoms with Crippen LogP contribution in [-0.2, 0) is 16.0 Å². The van der Waals surface area contributed by atoms with Gasteiger partial charge in [0.1, 0.15) is 5.82 Å². The van der Waals surface area contributed by atoms with Crippen molar-refractivity contribution in [1.82, 2.24) is 5.32 Å². The molecular weight excluding hydrogens is 377 g/mol. The Balaban J connectivity index is 1.83. The predicted molar refractivity (Wildman–Crippen MR) is 98.0 cm³/mol. The Morgan fingerprint density at radius 1 is 1.11 bits per heavy atom. The van der Waals surface area contributed by atoms with Gasteiger partial charge in [-0.05, 0) is 36.2 Å². The summed E-state index contributed by atoms with van der Waals surface area (Å²) < 4.78 is 28.0. The van der Waals surface area contributed by atoms with E-state index in [0.717, 1.165) is 5.56 Å². The maximum absolute atomic E-state index is 12.8. The Bertz CT molecular complexity index is 810. The third-order valence-corrected chi connectivity index (χ3v) is 3.93. The molecule has 0 unspecified atom stereocenters. The molecule has 0 heterocycles. The molecule has 0 saturated carbocycles. The first kappa shape index (κ1) is 20.5. The number of halogens is 2. The molecule has 0 aliphatic rings. The Labute approximate surface area is 161 Å². The highest BCUT2D eigenvalue weighted by Gasteiger charge is 2.17. The van der Waals surface area contributed by atoms with E-state index in [9.17, 15) is 14.0 Å². The smallest absolute Gasteiger partial charge is 0.338 e. The van der Waals surface area contributed by atoms with E-state index in [4.69, 9.17) is 25.8 Å². The molecule has 0 atom stereocenters. The number of methoxy groups -OCH3 is 2. The summed E-state index contributed by atoms with van der Waals surface area (Å²) in [6.07, 6.45) is 0.533. The van der Waals surface area contributed by atoms with Gasteiger partial charge in [-0.25, -0.2) is 9.18 Å². The lowest BCUT2D eigenvalue weighted by atomic mass is 10.1. The molecule has 1 N–H and O–H groups in total. The van der Waals surface area contributed by atoms with Crippen LogP contribution >= 0.6 is 11.6 Å². The van der Waals surface area contributed by atoms with E-state index in [1.165, 1.54) is 38.5 Å². The van der Waals surface area contributed by atoms with Gasteiger partial charge in [0.25, 0.3) is 5.91 Å². The van der Waals surface area contributed by atoms with Crippen LogP contribution in [-0.4, -0.2) is 39.2 Å². The quantitative estimate of drug-likeness (QED) is 0.695. The lowest BCUT2D eigenvalue weighted by molar-refractivity contribution is -0.124.